The smallest absolute Gasteiger partial charge is 0.209 e. The van der Waals surface area contributed by atoms with Crippen LogP contribution in [0.3, 0.4) is 0 Å². The molecular weight excluding hydrogens is 154 g/mol. The maximum absolute atomic E-state index is 10.2. The van der Waals surface area contributed by atoms with Gasteiger partial charge in [-0.05, 0) is 6.07 Å². The fraction of sp³-hybridized carbons (Fsp3) is 0.375. The lowest BCUT2D eigenvalue weighted by molar-refractivity contribution is -0.122. The third-order valence-electron chi connectivity index (χ3n) is 2.01. The fourth-order valence-electron chi connectivity index (χ4n) is 1.28. The van der Waals surface area contributed by atoms with Crippen LogP contribution >= 0.6 is 0 Å². The van der Waals surface area contributed by atoms with Gasteiger partial charge < -0.3 is 4.90 Å². The van der Waals surface area contributed by atoms with E-state index >= 15 is 0 Å². The highest BCUT2D eigenvalue weighted by Gasteiger charge is 2.28. The highest BCUT2D eigenvalue weighted by molar-refractivity contribution is 5.49. The average molecular weight is 163 g/mol. The monoisotopic (exact) mass is 163 g/mol. The van der Waals surface area contributed by atoms with Gasteiger partial charge in [-0.25, -0.2) is 9.97 Å². The molecule has 62 valence electrons. The number of likely N-dealkylation sites (tertiary alicyclic amines) is 1. The Labute approximate surface area is 70.2 Å². The van der Waals surface area contributed by atoms with Crippen LogP contribution in [0.4, 0.5) is 0 Å². The summed E-state index contributed by atoms with van der Waals surface area (Å²) in [5, 5.41) is 0. The van der Waals surface area contributed by atoms with Crippen LogP contribution in [0.2, 0.25) is 0 Å². The third kappa shape index (κ3) is 1.15. The van der Waals surface area contributed by atoms with Gasteiger partial charge in [-0.2, -0.15) is 0 Å². The zero-order chi connectivity index (χ0) is 8.39. The summed E-state index contributed by atoms with van der Waals surface area (Å²) >= 11 is 0. The number of hydrogen-bond donors (Lipinski definition) is 0. The van der Waals surface area contributed by atoms with Crippen molar-refractivity contribution in [3.05, 3.63) is 24.3 Å². The van der Waals surface area contributed by atoms with Gasteiger partial charge in [0.2, 0.25) is 6.41 Å². The van der Waals surface area contributed by atoms with Crippen LogP contribution in [0.25, 0.3) is 0 Å². The van der Waals surface area contributed by atoms with E-state index in [1.165, 1.54) is 0 Å². The van der Waals surface area contributed by atoms with E-state index in [1.807, 2.05) is 0 Å². The minimum atomic E-state index is 0.344. The Balaban J connectivity index is 2.01. The van der Waals surface area contributed by atoms with E-state index in [1.54, 1.807) is 23.4 Å². The Morgan fingerprint density at radius 1 is 1.42 bits per heavy atom. The molecular formula is C8H9N3O. The van der Waals surface area contributed by atoms with E-state index in [2.05, 4.69) is 9.97 Å². The molecule has 0 radical (unpaired) electrons. The second-order valence-electron chi connectivity index (χ2n) is 2.86. The molecule has 2 heterocycles. The quantitative estimate of drug-likeness (QED) is 0.578. The number of carbonyl (C=O) groups is 1. The second-order valence-corrected chi connectivity index (χ2v) is 2.86. The minimum Gasteiger partial charge on any atom is -0.344 e. The zero-order valence-corrected chi connectivity index (χ0v) is 6.55. The summed E-state index contributed by atoms with van der Waals surface area (Å²) in [6, 6.07) is 1.79. The molecule has 0 aromatic carbocycles. The van der Waals surface area contributed by atoms with Gasteiger partial charge >= 0.3 is 0 Å². The van der Waals surface area contributed by atoms with Gasteiger partial charge in [0.15, 0.2) is 0 Å². The van der Waals surface area contributed by atoms with Gasteiger partial charge in [0.05, 0.1) is 5.92 Å². The number of nitrogens with zero attached hydrogens (tertiary/aromatic N) is 3. The van der Waals surface area contributed by atoms with Gasteiger partial charge in [-0.1, -0.05) is 0 Å². The molecule has 2 rings (SSSR count). The molecule has 0 bridgehead atoms. The Bertz CT molecular complexity index is 269. The highest BCUT2D eigenvalue weighted by atomic mass is 16.1. The van der Waals surface area contributed by atoms with Crippen molar-refractivity contribution < 1.29 is 4.79 Å². The van der Waals surface area contributed by atoms with Crippen molar-refractivity contribution in [1.29, 1.82) is 0 Å². The summed E-state index contributed by atoms with van der Waals surface area (Å²) in [6.45, 7) is 1.51. The summed E-state index contributed by atoms with van der Waals surface area (Å²) in [5.41, 5.74) is 0. The fourth-order valence-corrected chi connectivity index (χ4v) is 1.28. The van der Waals surface area contributed by atoms with Crippen LogP contribution in [0.1, 0.15) is 11.7 Å². The summed E-state index contributed by atoms with van der Waals surface area (Å²) in [7, 11) is 0. The van der Waals surface area contributed by atoms with Crippen molar-refractivity contribution in [1.82, 2.24) is 14.9 Å². The molecule has 12 heavy (non-hydrogen) atoms. The van der Waals surface area contributed by atoms with Crippen LogP contribution < -0.4 is 0 Å². The van der Waals surface area contributed by atoms with Crippen LogP contribution in [0.5, 0.6) is 0 Å². The molecule has 1 saturated heterocycles. The molecule has 1 aromatic rings. The lowest BCUT2D eigenvalue weighted by atomic mass is 10.0. The van der Waals surface area contributed by atoms with E-state index < -0.39 is 0 Å². The van der Waals surface area contributed by atoms with Gasteiger partial charge in [-0.3, -0.25) is 4.79 Å². The number of aromatic nitrogens is 2. The van der Waals surface area contributed by atoms with Gasteiger partial charge in [-0.15, -0.1) is 0 Å². The van der Waals surface area contributed by atoms with E-state index in [4.69, 9.17) is 0 Å². The lowest BCUT2D eigenvalue weighted by Gasteiger charge is -2.34. The SMILES string of the molecule is O=CN1CC(c2ncccn2)C1. The van der Waals surface area contributed by atoms with Gasteiger partial charge in [0.25, 0.3) is 0 Å². The molecule has 0 atom stereocenters. The first-order valence-corrected chi connectivity index (χ1v) is 3.86. The Morgan fingerprint density at radius 2 is 2.08 bits per heavy atom. The third-order valence-corrected chi connectivity index (χ3v) is 2.01. The van der Waals surface area contributed by atoms with Crippen molar-refractivity contribution in [2.45, 2.75) is 5.92 Å². The molecule has 1 aliphatic rings. The van der Waals surface area contributed by atoms with Crippen LogP contribution in [0, 0.1) is 0 Å². The molecule has 0 N–H and O–H groups in total. The maximum atomic E-state index is 10.2. The molecule has 1 fully saturated rings. The first-order valence-electron chi connectivity index (χ1n) is 3.86. The van der Waals surface area contributed by atoms with Crippen molar-refractivity contribution in [3.8, 4) is 0 Å². The predicted molar refractivity (Wildman–Crippen MR) is 42.4 cm³/mol. The average Bonchev–Trinajstić information content (AvgIpc) is 2.04. The Hall–Kier alpha value is -1.45. The molecule has 0 unspecified atom stereocenters. The first kappa shape index (κ1) is 7.21. The number of rotatable bonds is 2. The molecule has 0 aliphatic carbocycles. The van der Waals surface area contributed by atoms with Crippen molar-refractivity contribution in [2.75, 3.05) is 13.1 Å². The topological polar surface area (TPSA) is 46.1 Å². The molecule has 1 aromatic heterocycles. The van der Waals surface area contributed by atoms with Crippen molar-refractivity contribution in [3.63, 3.8) is 0 Å². The van der Waals surface area contributed by atoms with Crippen molar-refractivity contribution >= 4 is 6.41 Å². The molecule has 0 spiro atoms. The van der Waals surface area contributed by atoms with E-state index in [0.717, 1.165) is 25.3 Å². The summed E-state index contributed by atoms with van der Waals surface area (Å²) in [5.74, 6) is 1.19. The zero-order valence-electron chi connectivity index (χ0n) is 6.55. The Kier molecular flexibility index (Phi) is 1.74. The lowest BCUT2D eigenvalue weighted by Crippen LogP contribution is -2.44. The number of amides is 1. The molecule has 0 saturated carbocycles. The summed E-state index contributed by atoms with van der Waals surface area (Å²) < 4.78 is 0. The largest absolute Gasteiger partial charge is 0.344 e. The molecule has 4 nitrogen and oxygen atoms in total. The predicted octanol–water partition coefficient (Wildman–Crippen LogP) is 0.0322. The van der Waals surface area contributed by atoms with Gasteiger partial charge in [0.1, 0.15) is 5.82 Å². The van der Waals surface area contributed by atoms with Crippen LogP contribution in [0.15, 0.2) is 18.5 Å². The first-order chi connectivity index (χ1) is 5.90. The van der Waals surface area contributed by atoms with E-state index in [0.29, 0.717) is 5.92 Å². The highest BCUT2D eigenvalue weighted by Crippen LogP contribution is 2.21. The van der Waals surface area contributed by atoms with Crippen LogP contribution in [-0.2, 0) is 4.79 Å². The molecule has 4 heteroatoms. The molecule has 1 amide bonds. The Morgan fingerprint density at radius 3 is 2.67 bits per heavy atom. The van der Waals surface area contributed by atoms with Crippen molar-refractivity contribution in [2.24, 2.45) is 0 Å². The van der Waals surface area contributed by atoms with E-state index in [-0.39, 0.29) is 0 Å². The normalized spacial score (nSPS) is 17.2. The summed E-state index contributed by atoms with van der Waals surface area (Å²) in [6.07, 6.45) is 4.32. The minimum absolute atomic E-state index is 0.344. The van der Waals surface area contributed by atoms with E-state index in [9.17, 15) is 4.79 Å². The number of hydrogen-bond acceptors (Lipinski definition) is 3. The second kappa shape index (κ2) is 2.89. The number of carbonyl (C=O) groups excluding carboxylic acids is 1. The standard InChI is InChI=1S/C8H9N3O/c12-6-11-4-7(5-11)8-9-2-1-3-10-8/h1-3,6-7H,4-5H2. The maximum Gasteiger partial charge on any atom is 0.209 e. The van der Waals surface area contributed by atoms with Crippen LogP contribution in [-0.4, -0.2) is 34.4 Å². The summed E-state index contributed by atoms with van der Waals surface area (Å²) in [4.78, 5) is 20.2. The van der Waals surface area contributed by atoms with Gasteiger partial charge in [0, 0.05) is 25.5 Å². The molecule has 1 aliphatic heterocycles.